The van der Waals surface area contributed by atoms with E-state index in [2.05, 4.69) is 4.90 Å². The first-order valence-corrected chi connectivity index (χ1v) is 4.55. The Kier molecular flexibility index (Phi) is 5.79. The lowest BCUT2D eigenvalue weighted by Crippen LogP contribution is -2.10. The van der Waals surface area contributed by atoms with Crippen LogP contribution in [0.5, 0.6) is 0 Å². The van der Waals surface area contributed by atoms with Crippen LogP contribution in [-0.4, -0.2) is 23.5 Å². The lowest BCUT2D eigenvalue weighted by molar-refractivity contribution is 0.402. The zero-order chi connectivity index (χ0) is 8.97. The monoisotopic (exact) mass is 199 g/mol. The maximum atomic E-state index is 8.72. The molecule has 0 bridgehead atoms. The Bertz CT molecular complexity index is 233. The van der Waals surface area contributed by atoms with Crippen molar-refractivity contribution in [3.63, 3.8) is 0 Å². The van der Waals surface area contributed by atoms with Crippen LogP contribution in [0, 0.1) is 0 Å². The van der Waals surface area contributed by atoms with Crippen LogP contribution < -0.4 is 0 Å². The number of nitrogens with zero attached hydrogens (tertiary/aromatic N) is 1. The van der Waals surface area contributed by atoms with E-state index in [1.807, 2.05) is 38.4 Å². The number of hydrogen-bond donors (Lipinski definition) is 1. The highest BCUT2D eigenvalue weighted by molar-refractivity contribution is 7.93. The van der Waals surface area contributed by atoms with E-state index in [1.165, 1.54) is 5.56 Å². The Labute approximate surface area is 84.8 Å². The maximum Gasteiger partial charge on any atom is 0.0351 e. The molecule has 1 aromatic rings. The van der Waals surface area contributed by atoms with Crippen LogP contribution in [0.3, 0.4) is 0 Å². The molecule has 0 aromatic heterocycles. The smallest absolute Gasteiger partial charge is 0.0351 e. The van der Waals surface area contributed by atoms with Crippen molar-refractivity contribution in [1.29, 1.82) is 0 Å². The third-order valence-electron chi connectivity index (χ3n) is 1.53. The van der Waals surface area contributed by atoms with Crippen molar-refractivity contribution in [2.75, 3.05) is 14.1 Å². The van der Waals surface area contributed by atoms with Gasteiger partial charge in [-0.15, -0.1) is 0 Å². The van der Waals surface area contributed by atoms with Gasteiger partial charge in [-0.1, -0.05) is 19.6 Å². The molecule has 0 radical (unpaired) electrons. The fraction of sp³-hybridized carbons (Fsp3) is 0.400. The van der Waals surface area contributed by atoms with Crippen molar-refractivity contribution < 1.29 is 4.55 Å². The molecule has 0 aliphatic heterocycles. The molecule has 1 rings (SSSR count). The zero-order valence-corrected chi connectivity index (χ0v) is 8.14. The molecule has 13 heavy (non-hydrogen) atoms. The van der Waals surface area contributed by atoms with Crippen LogP contribution >= 0.6 is 12.0 Å². The molecule has 0 unspecified atom stereocenters. The molecule has 0 heterocycles. The average molecular weight is 199 g/mol. The second-order valence-corrected chi connectivity index (χ2v) is 3.63. The van der Waals surface area contributed by atoms with Gasteiger partial charge in [0.15, 0.2) is 0 Å². The summed E-state index contributed by atoms with van der Waals surface area (Å²) in [6, 6.07) is 7.89. The minimum absolute atomic E-state index is 0. The summed E-state index contributed by atoms with van der Waals surface area (Å²) in [7, 11) is 4.07. The van der Waals surface area contributed by atoms with Crippen molar-refractivity contribution in [3.05, 3.63) is 29.8 Å². The predicted molar refractivity (Wildman–Crippen MR) is 59.0 cm³/mol. The van der Waals surface area contributed by atoms with Crippen LogP contribution in [-0.2, 0) is 6.54 Å². The molecule has 0 spiro atoms. The van der Waals surface area contributed by atoms with Gasteiger partial charge in [-0.3, -0.25) is 0 Å². The summed E-state index contributed by atoms with van der Waals surface area (Å²) in [5.74, 6) is 0. The van der Waals surface area contributed by atoms with Gasteiger partial charge in [-0.05, 0) is 31.8 Å². The third kappa shape index (κ3) is 4.31. The number of benzene rings is 1. The van der Waals surface area contributed by atoms with Crippen molar-refractivity contribution in [2.24, 2.45) is 0 Å². The van der Waals surface area contributed by atoms with Gasteiger partial charge in [0.25, 0.3) is 0 Å². The van der Waals surface area contributed by atoms with Gasteiger partial charge in [-0.2, -0.15) is 0 Å². The number of hydrogen-bond acceptors (Lipinski definition) is 3. The van der Waals surface area contributed by atoms with Gasteiger partial charge in [0.2, 0.25) is 0 Å². The fourth-order valence-corrected chi connectivity index (χ4v) is 1.28. The Morgan fingerprint density at radius 2 is 1.77 bits per heavy atom. The minimum atomic E-state index is 0. The molecule has 74 valence electrons. The first kappa shape index (κ1) is 12.5. The van der Waals surface area contributed by atoms with E-state index in [4.69, 9.17) is 4.55 Å². The predicted octanol–water partition coefficient (Wildman–Crippen LogP) is 2.95. The normalized spacial score (nSPS) is 9.85. The second kappa shape index (κ2) is 6.02. The van der Waals surface area contributed by atoms with Crippen LogP contribution in [0.2, 0.25) is 0 Å². The molecule has 3 heteroatoms. The summed E-state index contributed by atoms with van der Waals surface area (Å²) in [6.45, 7) is 0.941. The van der Waals surface area contributed by atoms with Gasteiger partial charge in [-0.25, -0.2) is 0 Å². The standard InChI is InChI=1S/C9H13NOS.CH4/c1-10(2)7-8-3-5-9(12-11)6-4-8;/h3-6,11H,7H2,1-2H3;1H4. The molecule has 0 aliphatic carbocycles. The topological polar surface area (TPSA) is 23.5 Å². The number of rotatable bonds is 3. The average Bonchev–Trinajstić information content (AvgIpc) is 2.05. The molecule has 0 aliphatic rings. The zero-order valence-electron chi connectivity index (χ0n) is 7.32. The van der Waals surface area contributed by atoms with E-state index in [-0.39, 0.29) is 7.43 Å². The van der Waals surface area contributed by atoms with Crippen LogP contribution in [0.1, 0.15) is 13.0 Å². The van der Waals surface area contributed by atoms with E-state index in [9.17, 15) is 0 Å². The van der Waals surface area contributed by atoms with Crippen molar-refractivity contribution in [1.82, 2.24) is 4.90 Å². The lowest BCUT2D eigenvalue weighted by atomic mass is 10.2. The largest absolute Gasteiger partial charge is 0.325 e. The van der Waals surface area contributed by atoms with Gasteiger partial charge in [0.1, 0.15) is 0 Å². The highest BCUT2D eigenvalue weighted by Gasteiger charge is 1.95. The van der Waals surface area contributed by atoms with Crippen molar-refractivity contribution >= 4 is 12.0 Å². The summed E-state index contributed by atoms with van der Waals surface area (Å²) >= 11 is 0.783. The molecule has 1 aromatic carbocycles. The molecular weight excluding hydrogens is 182 g/mol. The molecule has 0 amide bonds. The summed E-state index contributed by atoms with van der Waals surface area (Å²) in [6.07, 6.45) is 0. The maximum absolute atomic E-state index is 8.72. The molecule has 2 nitrogen and oxygen atoms in total. The van der Waals surface area contributed by atoms with Gasteiger partial charge >= 0.3 is 0 Å². The van der Waals surface area contributed by atoms with Crippen LogP contribution in [0.4, 0.5) is 0 Å². The van der Waals surface area contributed by atoms with E-state index in [0.717, 1.165) is 23.5 Å². The van der Waals surface area contributed by atoms with Gasteiger partial charge in [0, 0.05) is 23.5 Å². The van der Waals surface area contributed by atoms with E-state index in [1.54, 1.807) is 0 Å². The van der Waals surface area contributed by atoms with E-state index < -0.39 is 0 Å². The first-order chi connectivity index (χ1) is 5.72. The Morgan fingerprint density at radius 1 is 1.23 bits per heavy atom. The van der Waals surface area contributed by atoms with Crippen molar-refractivity contribution in [2.45, 2.75) is 18.9 Å². The van der Waals surface area contributed by atoms with E-state index >= 15 is 0 Å². The molecule has 0 fully saturated rings. The summed E-state index contributed by atoms with van der Waals surface area (Å²) < 4.78 is 8.72. The Hall–Kier alpha value is -0.510. The van der Waals surface area contributed by atoms with Gasteiger partial charge in [0.05, 0.1) is 0 Å². The quantitative estimate of drug-likeness (QED) is 0.757. The lowest BCUT2D eigenvalue weighted by Gasteiger charge is -2.09. The molecule has 0 saturated carbocycles. The first-order valence-electron chi connectivity index (χ1n) is 3.77. The van der Waals surface area contributed by atoms with Crippen molar-refractivity contribution in [3.8, 4) is 0 Å². The summed E-state index contributed by atoms with van der Waals surface area (Å²) in [5.41, 5.74) is 1.26. The fourth-order valence-electron chi connectivity index (χ4n) is 1.02. The highest BCUT2D eigenvalue weighted by atomic mass is 32.2. The van der Waals surface area contributed by atoms with E-state index in [0.29, 0.717) is 0 Å². The van der Waals surface area contributed by atoms with Gasteiger partial charge < -0.3 is 9.45 Å². The SMILES string of the molecule is C.CN(C)Cc1ccc(SO)cc1. The Balaban J connectivity index is 0.00000144. The van der Waals surface area contributed by atoms with Crippen LogP contribution in [0.25, 0.3) is 0 Å². The third-order valence-corrected chi connectivity index (χ3v) is 2.01. The summed E-state index contributed by atoms with van der Waals surface area (Å²) in [5, 5.41) is 0. The Morgan fingerprint density at radius 3 is 2.15 bits per heavy atom. The summed E-state index contributed by atoms with van der Waals surface area (Å²) in [4.78, 5) is 3.00. The van der Waals surface area contributed by atoms with Crippen LogP contribution in [0.15, 0.2) is 29.2 Å². The molecular formula is C10H17NOS. The highest BCUT2D eigenvalue weighted by Crippen LogP contribution is 2.14. The minimum Gasteiger partial charge on any atom is -0.325 e. The molecule has 1 N–H and O–H groups in total. The second-order valence-electron chi connectivity index (χ2n) is 2.97. The molecule has 0 atom stereocenters. The molecule has 0 saturated heterocycles.